The fourth-order valence-electron chi connectivity index (χ4n) is 2.38. The van der Waals surface area contributed by atoms with Gasteiger partial charge in [0.05, 0.1) is 0 Å². The maximum absolute atomic E-state index is 3.58. The SMILES string of the molecule is CSC1(CNCc2cc[nH]c2)CCCC1. The molecule has 1 saturated carbocycles. The second-order valence-corrected chi connectivity index (χ2v) is 5.69. The minimum Gasteiger partial charge on any atom is -0.367 e. The molecule has 1 aliphatic rings. The van der Waals surface area contributed by atoms with E-state index in [0.717, 1.165) is 13.1 Å². The predicted molar refractivity (Wildman–Crippen MR) is 67.2 cm³/mol. The lowest BCUT2D eigenvalue weighted by molar-refractivity contribution is 0.534. The van der Waals surface area contributed by atoms with E-state index in [1.807, 2.05) is 18.0 Å². The molecule has 3 heteroatoms. The number of thioether (sulfide) groups is 1. The van der Waals surface area contributed by atoms with E-state index in [-0.39, 0.29) is 0 Å². The van der Waals surface area contributed by atoms with Gasteiger partial charge in [-0.25, -0.2) is 0 Å². The van der Waals surface area contributed by atoms with Crippen molar-refractivity contribution in [2.45, 2.75) is 37.0 Å². The van der Waals surface area contributed by atoms with Crippen LogP contribution in [0.4, 0.5) is 0 Å². The molecule has 0 unspecified atom stereocenters. The summed E-state index contributed by atoms with van der Waals surface area (Å²) < 4.78 is 0.524. The Morgan fingerprint density at radius 3 is 2.87 bits per heavy atom. The molecule has 1 aromatic heterocycles. The van der Waals surface area contributed by atoms with Gasteiger partial charge in [0.15, 0.2) is 0 Å². The summed E-state index contributed by atoms with van der Waals surface area (Å²) in [4.78, 5) is 3.09. The lowest BCUT2D eigenvalue weighted by Crippen LogP contribution is -2.34. The van der Waals surface area contributed by atoms with Gasteiger partial charge in [-0.15, -0.1) is 0 Å². The van der Waals surface area contributed by atoms with Gasteiger partial charge < -0.3 is 10.3 Å². The van der Waals surface area contributed by atoms with Crippen LogP contribution in [0.1, 0.15) is 31.2 Å². The first-order valence-electron chi connectivity index (χ1n) is 5.72. The summed E-state index contributed by atoms with van der Waals surface area (Å²) in [6, 6.07) is 2.13. The van der Waals surface area contributed by atoms with Gasteiger partial charge in [0.2, 0.25) is 0 Å². The van der Waals surface area contributed by atoms with Crippen molar-refractivity contribution in [1.82, 2.24) is 10.3 Å². The summed E-state index contributed by atoms with van der Waals surface area (Å²) in [5.74, 6) is 0. The summed E-state index contributed by atoms with van der Waals surface area (Å²) in [7, 11) is 0. The fourth-order valence-corrected chi connectivity index (χ4v) is 3.32. The molecular formula is C12H20N2S. The third kappa shape index (κ3) is 2.79. The van der Waals surface area contributed by atoms with E-state index in [2.05, 4.69) is 28.8 Å². The van der Waals surface area contributed by atoms with Crippen molar-refractivity contribution in [2.75, 3.05) is 12.8 Å². The minimum atomic E-state index is 0.524. The van der Waals surface area contributed by atoms with Crippen molar-refractivity contribution in [3.05, 3.63) is 24.0 Å². The molecule has 0 spiro atoms. The highest BCUT2D eigenvalue weighted by molar-refractivity contribution is 8.00. The summed E-state index contributed by atoms with van der Waals surface area (Å²) >= 11 is 2.05. The van der Waals surface area contributed by atoms with E-state index in [1.165, 1.54) is 31.2 Å². The summed E-state index contributed by atoms with van der Waals surface area (Å²) in [5, 5.41) is 3.58. The number of hydrogen-bond donors (Lipinski definition) is 2. The average molecular weight is 224 g/mol. The zero-order chi connectivity index (χ0) is 10.6. The summed E-state index contributed by atoms with van der Waals surface area (Å²) in [5.41, 5.74) is 1.35. The molecule has 1 fully saturated rings. The third-order valence-corrected chi connectivity index (χ3v) is 4.81. The van der Waals surface area contributed by atoms with Gasteiger partial charge in [0.25, 0.3) is 0 Å². The Kier molecular flexibility index (Phi) is 3.76. The van der Waals surface area contributed by atoms with Gasteiger partial charge in [-0.3, -0.25) is 0 Å². The van der Waals surface area contributed by atoms with Crippen LogP contribution < -0.4 is 5.32 Å². The highest BCUT2D eigenvalue weighted by Gasteiger charge is 2.32. The largest absolute Gasteiger partial charge is 0.367 e. The van der Waals surface area contributed by atoms with Crippen LogP contribution in [0.2, 0.25) is 0 Å². The molecule has 0 aliphatic heterocycles. The van der Waals surface area contributed by atoms with Gasteiger partial charge in [0.1, 0.15) is 0 Å². The Bertz CT molecular complexity index is 276. The van der Waals surface area contributed by atoms with Gasteiger partial charge in [-0.2, -0.15) is 11.8 Å². The monoisotopic (exact) mass is 224 g/mol. The molecule has 0 amide bonds. The van der Waals surface area contributed by atoms with E-state index in [4.69, 9.17) is 0 Å². The van der Waals surface area contributed by atoms with Crippen LogP contribution in [0.5, 0.6) is 0 Å². The second kappa shape index (κ2) is 5.08. The van der Waals surface area contributed by atoms with Crippen LogP contribution in [-0.2, 0) is 6.54 Å². The Morgan fingerprint density at radius 1 is 1.47 bits per heavy atom. The highest BCUT2D eigenvalue weighted by Crippen LogP contribution is 2.39. The van der Waals surface area contributed by atoms with Crippen molar-refractivity contribution < 1.29 is 0 Å². The van der Waals surface area contributed by atoms with E-state index >= 15 is 0 Å². The van der Waals surface area contributed by atoms with Crippen LogP contribution in [0, 0.1) is 0 Å². The zero-order valence-electron chi connectivity index (χ0n) is 9.38. The Labute approximate surface area is 96.2 Å². The Balaban J connectivity index is 1.77. The smallest absolute Gasteiger partial charge is 0.0281 e. The molecule has 2 N–H and O–H groups in total. The molecule has 0 saturated heterocycles. The average Bonchev–Trinajstić information content (AvgIpc) is 2.89. The molecule has 1 heterocycles. The van der Waals surface area contributed by atoms with E-state index in [9.17, 15) is 0 Å². The zero-order valence-corrected chi connectivity index (χ0v) is 10.2. The first-order valence-corrected chi connectivity index (χ1v) is 6.95. The molecule has 0 aromatic carbocycles. The second-order valence-electron chi connectivity index (χ2n) is 4.42. The van der Waals surface area contributed by atoms with Crippen molar-refractivity contribution in [2.24, 2.45) is 0 Å². The predicted octanol–water partition coefficient (Wildman–Crippen LogP) is 2.78. The quantitative estimate of drug-likeness (QED) is 0.805. The van der Waals surface area contributed by atoms with Gasteiger partial charge >= 0.3 is 0 Å². The summed E-state index contributed by atoms with van der Waals surface area (Å²) in [6.45, 7) is 2.14. The first-order chi connectivity index (χ1) is 7.35. The van der Waals surface area contributed by atoms with E-state index in [1.54, 1.807) is 0 Å². The maximum Gasteiger partial charge on any atom is 0.0281 e. The third-order valence-electron chi connectivity index (χ3n) is 3.39. The summed E-state index contributed by atoms with van der Waals surface area (Å²) in [6.07, 6.45) is 11.9. The topological polar surface area (TPSA) is 27.8 Å². The normalized spacial score (nSPS) is 19.5. The van der Waals surface area contributed by atoms with Crippen LogP contribution in [0.3, 0.4) is 0 Å². The maximum atomic E-state index is 3.58. The molecule has 15 heavy (non-hydrogen) atoms. The number of aromatic nitrogens is 1. The molecule has 84 valence electrons. The fraction of sp³-hybridized carbons (Fsp3) is 0.667. The molecule has 2 nitrogen and oxygen atoms in total. The molecule has 1 aromatic rings. The van der Waals surface area contributed by atoms with Crippen molar-refractivity contribution >= 4 is 11.8 Å². The van der Waals surface area contributed by atoms with Crippen molar-refractivity contribution in [3.8, 4) is 0 Å². The van der Waals surface area contributed by atoms with Crippen LogP contribution in [-0.4, -0.2) is 22.5 Å². The standard InChI is InChI=1S/C12H20N2S/c1-15-12(5-2-3-6-12)10-14-9-11-4-7-13-8-11/h4,7-8,13-14H,2-3,5-6,9-10H2,1H3. The molecule has 0 bridgehead atoms. The Morgan fingerprint density at radius 2 is 2.27 bits per heavy atom. The van der Waals surface area contributed by atoms with E-state index < -0.39 is 0 Å². The Hall–Kier alpha value is -0.410. The molecule has 1 aliphatic carbocycles. The number of rotatable bonds is 5. The minimum absolute atomic E-state index is 0.524. The number of nitrogens with one attached hydrogen (secondary N) is 2. The first kappa shape index (κ1) is 11.1. The molecule has 0 radical (unpaired) electrons. The number of H-pyrrole nitrogens is 1. The molecule has 0 atom stereocenters. The lowest BCUT2D eigenvalue weighted by atomic mass is 10.1. The number of aromatic amines is 1. The highest BCUT2D eigenvalue weighted by atomic mass is 32.2. The van der Waals surface area contributed by atoms with Gasteiger partial charge in [-0.1, -0.05) is 12.8 Å². The van der Waals surface area contributed by atoms with E-state index in [0.29, 0.717) is 4.75 Å². The van der Waals surface area contributed by atoms with Crippen molar-refractivity contribution in [1.29, 1.82) is 0 Å². The lowest BCUT2D eigenvalue weighted by Gasteiger charge is -2.26. The van der Waals surface area contributed by atoms with Crippen molar-refractivity contribution in [3.63, 3.8) is 0 Å². The number of hydrogen-bond acceptors (Lipinski definition) is 2. The van der Waals surface area contributed by atoms with Crippen LogP contribution in [0.15, 0.2) is 18.5 Å². The molecule has 2 rings (SSSR count). The van der Waals surface area contributed by atoms with Gasteiger partial charge in [-0.05, 0) is 30.7 Å². The van der Waals surface area contributed by atoms with Crippen LogP contribution in [0.25, 0.3) is 0 Å². The van der Waals surface area contributed by atoms with Crippen LogP contribution >= 0.6 is 11.8 Å². The van der Waals surface area contributed by atoms with Gasteiger partial charge in [0, 0.05) is 30.2 Å². The molecular weight excluding hydrogens is 204 g/mol.